The molecule has 2 aromatic carbocycles. The van der Waals surface area contributed by atoms with Crippen molar-refractivity contribution in [1.29, 1.82) is 0 Å². The summed E-state index contributed by atoms with van der Waals surface area (Å²) in [6.45, 7) is 6.34. The molecule has 0 aromatic heterocycles. The molecule has 1 atom stereocenters. The van der Waals surface area contributed by atoms with Crippen molar-refractivity contribution in [2.75, 3.05) is 12.4 Å². The van der Waals surface area contributed by atoms with E-state index in [0.29, 0.717) is 30.5 Å². The third kappa shape index (κ3) is 6.35. The van der Waals surface area contributed by atoms with Crippen molar-refractivity contribution in [2.24, 2.45) is 4.99 Å². The summed E-state index contributed by atoms with van der Waals surface area (Å²) >= 11 is 0. The number of fused-ring (bicyclic) bond motifs is 1. The van der Waals surface area contributed by atoms with Crippen LogP contribution in [0.1, 0.15) is 58.0 Å². The largest absolute Gasteiger partial charge is 0.359 e. The molecule has 2 aromatic rings. The first kappa shape index (κ1) is 25.5. The van der Waals surface area contributed by atoms with Crippen LogP contribution in [0.15, 0.2) is 47.5 Å². The van der Waals surface area contributed by atoms with E-state index in [1.54, 1.807) is 25.5 Å². The SMILES string of the molecule is C=O.CCC(CCC(=O)NC)N1C(=O)c2ccc(CN=CNc3ccc(C)cc3)cc2C1=O. The van der Waals surface area contributed by atoms with Crippen molar-refractivity contribution >= 4 is 36.5 Å². The van der Waals surface area contributed by atoms with Gasteiger partial charge in [0.05, 0.1) is 24.0 Å². The van der Waals surface area contributed by atoms with Gasteiger partial charge in [-0.1, -0.05) is 30.7 Å². The normalized spacial score (nSPS) is 13.4. The maximum absolute atomic E-state index is 13.0. The minimum Gasteiger partial charge on any atom is -0.359 e. The van der Waals surface area contributed by atoms with Crippen LogP contribution >= 0.6 is 0 Å². The van der Waals surface area contributed by atoms with Gasteiger partial charge in [-0.15, -0.1) is 0 Å². The van der Waals surface area contributed by atoms with Crippen LogP contribution < -0.4 is 10.6 Å². The zero-order valence-corrected chi connectivity index (χ0v) is 19.3. The predicted molar refractivity (Wildman–Crippen MR) is 128 cm³/mol. The molecule has 1 heterocycles. The Hall–Kier alpha value is -3.81. The highest BCUT2D eigenvalue weighted by Crippen LogP contribution is 2.28. The average Bonchev–Trinajstić information content (AvgIpc) is 3.09. The van der Waals surface area contributed by atoms with Crippen LogP contribution in [-0.4, -0.2) is 48.8 Å². The molecule has 174 valence electrons. The fourth-order valence-corrected chi connectivity index (χ4v) is 3.60. The van der Waals surface area contributed by atoms with Crippen LogP contribution in [-0.2, 0) is 16.1 Å². The number of carbonyl (C=O) groups is 4. The molecular weight excluding hydrogens is 420 g/mol. The molecule has 8 heteroatoms. The van der Waals surface area contributed by atoms with Gasteiger partial charge < -0.3 is 15.4 Å². The smallest absolute Gasteiger partial charge is 0.261 e. The Morgan fingerprint density at radius 2 is 1.76 bits per heavy atom. The first-order chi connectivity index (χ1) is 15.9. The van der Waals surface area contributed by atoms with E-state index in [-0.39, 0.29) is 30.2 Å². The Balaban J connectivity index is 0.00000187. The summed E-state index contributed by atoms with van der Waals surface area (Å²) in [6, 6.07) is 12.9. The van der Waals surface area contributed by atoms with Crippen molar-refractivity contribution in [2.45, 2.75) is 45.7 Å². The number of imide groups is 1. The third-order valence-electron chi connectivity index (χ3n) is 5.45. The maximum Gasteiger partial charge on any atom is 0.261 e. The Labute approximate surface area is 194 Å². The summed E-state index contributed by atoms with van der Waals surface area (Å²) < 4.78 is 0. The second kappa shape index (κ2) is 12.3. The number of benzene rings is 2. The van der Waals surface area contributed by atoms with Crippen molar-refractivity contribution < 1.29 is 19.2 Å². The Bertz CT molecular complexity index is 1020. The second-order valence-electron chi connectivity index (χ2n) is 7.61. The monoisotopic (exact) mass is 450 g/mol. The Morgan fingerprint density at radius 1 is 1.09 bits per heavy atom. The summed E-state index contributed by atoms with van der Waals surface area (Å²) in [5, 5.41) is 5.69. The number of anilines is 1. The average molecular weight is 451 g/mol. The zero-order chi connectivity index (χ0) is 24.4. The molecule has 0 fully saturated rings. The molecular formula is C25H30N4O4. The first-order valence-corrected chi connectivity index (χ1v) is 10.8. The minimum atomic E-state index is -0.301. The van der Waals surface area contributed by atoms with Crippen LogP contribution in [0.4, 0.5) is 5.69 Å². The number of aliphatic imine (C=N–C) groups is 1. The molecule has 0 saturated carbocycles. The zero-order valence-electron chi connectivity index (χ0n) is 19.3. The molecule has 33 heavy (non-hydrogen) atoms. The number of rotatable bonds is 9. The highest BCUT2D eigenvalue weighted by atomic mass is 16.2. The van der Waals surface area contributed by atoms with E-state index in [1.165, 1.54) is 10.5 Å². The lowest BCUT2D eigenvalue weighted by atomic mass is 10.1. The van der Waals surface area contributed by atoms with E-state index >= 15 is 0 Å². The summed E-state index contributed by atoms with van der Waals surface area (Å²) in [6.07, 6.45) is 2.95. The van der Waals surface area contributed by atoms with Crippen molar-refractivity contribution in [1.82, 2.24) is 10.2 Å². The maximum atomic E-state index is 13.0. The summed E-state index contributed by atoms with van der Waals surface area (Å²) in [5.41, 5.74) is 3.80. The molecule has 1 aliphatic heterocycles. The van der Waals surface area contributed by atoms with Gasteiger partial charge in [0.1, 0.15) is 6.79 Å². The fraction of sp³-hybridized carbons (Fsp3) is 0.320. The number of nitrogens with zero attached hydrogens (tertiary/aromatic N) is 2. The van der Waals surface area contributed by atoms with Gasteiger partial charge in [0.2, 0.25) is 5.91 Å². The Kier molecular flexibility index (Phi) is 9.47. The molecule has 3 rings (SSSR count). The highest BCUT2D eigenvalue weighted by molar-refractivity contribution is 6.21. The fourth-order valence-electron chi connectivity index (χ4n) is 3.60. The molecule has 1 unspecified atom stereocenters. The number of hydrogen-bond acceptors (Lipinski definition) is 5. The van der Waals surface area contributed by atoms with Gasteiger partial charge in [0.15, 0.2) is 0 Å². The lowest BCUT2D eigenvalue weighted by Gasteiger charge is -2.24. The third-order valence-corrected chi connectivity index (χ3v) is 5.45. The van der Waals surface area contributed by atoms with Crippen molar-refractivity contribution in [3.05, 3.63) is 64.7 Å². The molecule has 0 spiro atoms. The second-order valence-corrected chi connectivity index (χ2v) is 7.61. The molecule has 0 bridgehead atoms. The van der Waals surface area contributed by atoms with Crippen molar-refractivity contribution in [3.8, 4) is 0 Å². The van der Waals surface area contributed by atoms with Gasteiger partial charge in [-0.25, -0.2) is 0 Å². The van der Waals surface area contributed by atoms with E-state index in [9.17, 15) is 14.4 Å². The quantitative estimate of drug-likeness (QED) is 0.346. The molecule has 3 amide bonds. The number of amides is 3. The molecule has 0 radical (unpaired) electrons. The van der Waals surface area contributed by atoms with Crippen LogP contribution in [0.5, 0.6) is 0 Å². The van der Waals surface area contributed by atoms with Crippen LogP contribution in [0.2, 0.25) is 0 Å². The highest BCUT2D eigenvalue weighted by Gasteiger charge is 2.39. The number of carbonyl (C=O) groups excluding carboxylic acids is 4. The molecule has 1 aliphatic rings. The summed E-state index contributed by atoms with van der Waals surface area (Å²) in [5.74, 6) is -0.693. The minimum absolute atomic E-state index is 0.102. The van der Waals surface area contributed by atoms with E-state index in [2.05, 4.69) is 15.6 Å². The van der Waals surface area contributed by atoms with Gasteiger partial charge in [-0.2, -0.15) is 0 Å². The van der Waals surface area contributed by atoms with Crippen molar-refractivity contribution in [3.63, 3.8) is 0 Å². The number of hydrogen-bond donors (Lipinski definition) is 2. The standard InChI is InChI=1S/C24H28N4O3.CH2O/c1-4-19(10-12-22(29)25-3)28-23(30)20-11-7-17(13-21(20)24(28)31)14-26-15-27-18-8-5-16(2)6-9-18;1-2/h5-9,11,13,15,19H,4,10,12,14H2,1-3H3,(H,25,29)(H,26,27);1H2. The van der Waals surface area contributed by atoms with Gasteiger partial charge in [-0.05, 0) is 49.6 Å². The summed E-state index contributed by atoms with van der Waals surface area (Å²) in [4.78, 5) is 51.1. The Morgan fingerprint density at radius 3 is 2.39 bits per heavy atom. The molecule has 0 aliphatic carbocycles. The molecule has 2 N–H and O–H groups in total. The van der Waals surface area contributed by atoms with Crippen LogP contribution in [0.25, 0.3) is 0 Å². The van der Waals surface area contributed by atoms with Crippen LogP contribution in [0.3, 0.4) is 0 Å². The van der Waals surface area contributed by atoms with Gasteiger partial charge >= 0.3 is 0 Å². The number of aryl methyl sites for hydroxylation is 1. The lowest BCUT2D eigenvalue weighted by Crippen LogP contribution is -2.40. The van der Waals surface area contributed by atoms with Crippen LogP contribution in [0, 0.1) is 6.92 Å². The number of nitrogens with one attached hydrogen (secondary N) is 2. The topological polar surface area (TPSA) is 108 Å². The van der Waals surface area contributed by atoms with Gasteiger partial charge in [0, 0.05) is 25.2 Å². The van der Waals surface area contributed by atoms with E-state index in [1.807, 2.05) is 51.0 Å². The van der Waals surface area contributed by atoms with E-state index < -0.39 is 0 Å². The van der Waals surface area contributed by atoms with E-state index in [0.717, 1.165) is 11.3 Å². The van der Waals surface area contributed by atoms with Gasteiger partial charge in [-0.3, -0.25) is 24.3 Å². The molecule has 8 nitrogen and oxygen atoms in total. The summed E-state index contributed by atoms with van der Waals surface area (Å²) in [7, 11) is 1.58. The lowest BCUT2D eigenvalue weighted by molar-refractivity contribution is -0.120. The predicted octanol–water partition coefficient (Wildman–Crippen LogP) is 3.35. The van der Waals surface area contributed by atoms with Gasteiger partial charge in [0.25, 0.3) is 11.8 Å². The first-order valence-electron chi connectivity index (χ1n) is 10.8. The molecule has 0 saturated heterocycles. The van der Waals surface area contributed by atoms with E-state index in [4.69, 9.17) is 4.79 Å².